The van der Waals surface area contributed by atoms with E-state index in [4.69, 9.17) is 0 Å². The summed E-state index contributed by atoms with van der Waals surface area (Å²) in [4.78, 5) is 12.6. The second-order valence-corrected chi connectivity index (χ2v) is 8.61. The molecule has 140 valence electrons. The molecule has 30 heavy (non-hydrogen) atoms. The third-order valence-corrected chi connectivity index (χ3v) is 7.10. The Morgan fingerprint density at radius 2 is 1.43 bits per heavy atom. The lowest BCUT2D eigenvalue weighted by atomic mass is 9.99. The van der Waals surface area contributed by atoms with Crippen molar-refractivity contribution in [2.45, 2.75) is 0 Å². The van der Waals surface area contributed by atoms with E-state index in [0.717, 1.165) is 16.9 Å². The van der Waals surface area contributed by atoms with Gasteiger partial charge in [-0.05, 0) is 35.7 Å². The highest BCUT2D eigenvalue weighted by molar-refractivity contribution is 7.27. The molecule has 0 bridgehead atoms. The van der Waals surface area contributed by atoms with Gasteiger partial charge in [0.2, 0.25) is 0 Å². The summed E-state index contributed by atoms with van der Waals surface area (Å²) >= 11 is 1.88. The molecule has 0 aliphatic rings. The fraction of sp³-hybridized carbons (Fsp3) is 0. The van der Waals surface area contributed by atoms with Gasteiger partial charge < -0.3 is 4.98 Å². The van der Waals surface area contributed by atoms with Crippen LogP contribution in [0.25, 0.3) is 64.1 Å². The largest absolute Gasteiger partial charge is 0.354 e. The molecule has 4 aromatic carbocycles. The maximum absolute atomic E-state index is 4.45. The molecule has 3 nitrogen and oxygen atoms in total. The van der Waals surface area contributed by atoms with Crippen molar-refractivity contribution in [1.29, 1.82) is 0 Å². The van der Waals surface area contributed by atoms with Gasteiger partial charge in [0, 0.05) is 59.8 Å². The number of aromatic nitrogens is 3. The number of hydrogen-bond acceptors (Lipinski definition) is 3. The Kier molecular flexibility index (Phi) is 3.15. The number of nitrogens with zero attached hydrogens (tertiary/aromatic N) is 2. The lowest BCUT2D eigenvalue weighted by Crippen LogP contribution is -1.86. The van der Waals surface area contributed by atoms with Gasteiger partial charge in [0.25, 0.3) is 0 Å². The fourth-order valence-corrected chi connectivity index (χ4v) is 5.91. The van der Waals surface area contributed by atoms with E-state index in [0.29, 0.717) is 0 Å². The Morgan fingerprint density at radius 1 is 0.667 bits per heavy atom. The minimum absolute atomic E-state index is 0.752. The first-order valence-electron chi connectivity index (χ1n) is 9.93. The van der Waals surface area contributed by atoms with Crippen LogP contribution in [0.4, 0.5) is 0 Å². The first kappa shape index (κ1) is 16.1. The number of thiophene rings is 1. The number of aromatic amines is 1. The van der Waals surface area contributed by atoms with Crippen LogP contribution in [0.3, 0.4) is 0 Å². The number of H-pyrrole nitrogens is 1. The Balaban J connectivity index is 1.73. The smallest absolute Gasteiger partial charge is 0.159 e. The summed E-state index contributed by atoms with van der Waals surface area (Å²) in [5, 5.41) is 7.75. The quantitative estimate of drug-likeness (QED) is 0.313. The van der Waals surface area contributed by atoms with E-state index in [-0.39, 0.29) is 0 Å². The van der Waals surface area contributed by atoms with Crippen LogP contribution in [0.2, 0.25) is 0 Å². The maximum Gasteiger partial charge on any atom is 0.159 e. The molecular formula is C26H15N3S. The predicted molar refractivity (Wildman–Crippen MR) is 127 cm³/mol. The van der Waals surface area contributed by atoms with Crippen molar-refractivity contribution in [1.82, 2.24) is 15.0 Å². The Labute approximate surface area is 175 Å². The Hall–Kier alpha value is -3.76. The molecule has 4 heteroatoms. The third kappa shape index (κ3) is 2.09. The minimum Gasteiger partial charge on any atom is -0.354 e. The van der Waals surface area contributed by atoms with Crippen LogP contribution >= 0.6 is 11.3 Å². The highest BCUT2D eigenvalue weighted by atomic mass is 32.1. The van der Waals surface area contributed by atoms with Gasteiger partial charge in [0.15, 0.2) is 5.82 Å². The molecule has 0 radical (unpaired) electrons. The van der Waals surface area contributed by atoms with Gasteiger partial charge in [0.1, 0.15) is 0 Å². The SMILES string of the molecule is c1cnc(-c2ccc3[nH]c4c5ccccc5c5c6ccccc6sc5c4c3c2)nc1. The summed E-state index contributed by atoms with van der Waals surface area (Å²) in [6.07, 6.45) is 3.58. The van der Waals surface area contributed by atoms with E-state index in [9.17, 15) is 0 Å². The molecule has 3 aromatic heterocycles. The molecule has 0 fully saturated rings. The number of benzene rings is 4. The molecule has 0 saturated heterocycles. The number of hydrogen-bond donors (Lipinski definition) is 1. The van der Waals surface area contributed by atoms with Gasteiger partial charge in [0.05, 0.1) is 5.52 Å². The van der Waals surface area contributed by atoms with E-state index in [1.54, 1.807) is 12.4 Å². The Morgan fingerprint density at radius 3 is 2.30 bits per heavy atom. The van der Waals surface area contributed by atoms with Crippen molar-refractivity contribution in [3.63, 3.8) is 0 Å². The molecule has 1 N–H and O–H groups in total. The zero-order chi connectivity index (χ0) is 19.7. The second-order valence-electron chi connectivity index (χ2n) is 7.56. The molecule has 0 atom stereocenters. The van der Waals surface area contributed by atoms with E-state index in [1.807, 2.05) is 17.4 Å². The zero-order valence-electron chi connectivity index (χ0n) is 15.9. The predicted octanol–water partition coefficient (Wildman–Crippen LogP) is 7.30. The van der Waals surface area contributed by atoms with Crippen molar-refractivity contribution in [3.05, 3.63) is 85.2 Å². The van der Waals surface area contributed by atoms with Crippen molar-refractivity contribution in [2.24, 2.45) is 0 Å². The third-order valence-electron chi connectivity index (χ3n) is 5.91. The molecule has 0 saturated carbocycles. The molecule has 0 spiro atoms. The van der Waals surface area contributed by atoms with Crippen LogP contribution in [0.15, 0.2) is 85.2 Å². The lowest BCUT2D eigenvalue weighted by Gasteiger charge is -2.04. The fourth-order valence-electron chi connectivity index (χ4n) is 4.63. The van der Waals surface area contributed by atoms with Crippen LogP contribution in [0.1, 0.15) is 0 Å². The topological polar surface area (TPSA) is 41.6 Å². The summed E-state index contributed by atoms with van der Waals surface area (Å²) in [5.74, 6) is 0.752. The molecular weight excluding hydrogens is 386 g/mol. The number of fused-ring (bicyclic) bond motifs is 10. The van der Waals surface area contributed by atoms with Crippen LogP contribution < -0.4 is 0 Å². The van der Waals surface area contributed by atoms with E-state index in [1.165, 1.54) is 47.2 Å². The van der Waals surface area contributed by atoms with Gasteiger partial charge in [-0.1, -0.05) is 42.5 Å². The standard InChI is InChI=1S/C26H15N3S/c1-2-7-17-16(6-1)22-18-8-3-4-9-21(18)30-25(22)23-19-14-15(26-27-12-5-13-28-26)10-11-20(19)29-24(17)23/h1-14,29H. The molecule has 0 amide bonds. The van der Waals surface area contributed by atoms with E-state index in [2.05, 4.69) is 81.7 Å². The first-order valence-corrected chi connectivity index (χ1v) is 10.7. The molecule has 3 heterocycles. The number of rotatable bonds is 1. The highest BCUT2D eigenvalue weighted by Gasteiger charge is 2.18. The first-order chi connectivity index (χ1) is 14.9. The average molecular weight is 401 g/mol. The summed E-state index contributed by atoms with van der Waals surface area (Å²) in [7, 11) is 0. The monoisotopic (exact) mass is 401 g/mol. The molecule has 0 unspecified atom stereocenters. The van der Waals surface area contributed by atoms with Gasteiger partial charge in [-0.25, -0.2) is 9.97 Å². The normalized spacial score (nSPS) is 12.0. The Bertz CT molecular complexity index is 1740. The van der Waals surface area contributed by atoms with Crippen molar-refractivity contribution in [3.8, 4) is 11.4 Å². The lowest BCUT2D eigenvalue weighted by molar-refractivity contribution is 1.18. The van der Waals surface area contributed by atoms with Crippen molar-refractivity contribution < 1.29 is 0 Å². The molecule has 7 aromatic rings. The summed E-state index contributed by atoms with van der Waals surface area (Å²) in [6.45, 7) is 0. The van der Waals surface area contributed by atoms with Gasteiger partial charge in [-0.2, -0.15) is 0 Å². The van der Waals surface area contributed by atoms with Crippen LogP contribution in [0.5, 0.6) is 0 Å². The van der Waals surface area contributed by atoms with E-state index < -0.39 is 0 Å². The van der Waals surface area contributed by atoms with Gasteiger partial charge in [-0.15, -0.1) is 11.3 Å². The second kappa shape index (κ2) is 5.88. The van der Waals surface area contributed by atoms with Crippen molar-refractivity contribution in [2.75, 3.05) is 0 Å². The molecule has 7 rings (SSSR count). The highest BCUT2D eigenvalue weighted by Crippen LogP contribution is 2.46. The number of nitrogens with one attached hydrogen (secondary N) is 1. The molecule has 0 aliphatic heterocycles. The average Bonchev–Trinajstić information content (AvgIpc) is 3.38. The molecule has 0 aliphatic carbocycles. The summed E-state index contributed by atoms with van der Waals surface area (Å²) in [5.41, 5.74) is 3.37. The van der Waals surface area contributed by atoms with E-state index >= 15 is 0 Å². The maximum atomic E-state index is 4.45. The zero-order valence-corrected chi connectivity index (χ0v) is 16.7. The van der Waals surface area contributed by atoms with Crippen molar-refractivity contribution >= 4 is 64.1 Å². The summed E-state index contributed by atoms with van der Waals surface area (Å²) in [6, 6.07) is 25.7. The van der Waals surface area contributed by atoms with Gasteiger partial charge >= 0.3 is 0 Å². The summed E-state index contributed by atoms with van der Waals surface area (Å²) < 4.78 is 2.66. The van der Waals surface area contributed by atoms with Gasteiger partial charge in [-0.3, -0.25) is 0 Å². The minimum atomic E-state index is 0.752. The van der Waals surface area contributed by atoms with Crippen LogP contribution in [-0.2, 0) is 0 Å². The van der Waals surface area contributed by atoms with Crippen LogP contribution in [0, 0.1) is 0 Å². The van der Waals surface area contributed by atoms with Crippen LogP contribution in [-0.4, -0.2) is 15.0 Å².